The minimum absolute atomic E-state index is 0.163. The predicted molar refractivity (Wildman–Crippen MR) is 85.8 cm³/mol. The Bertz CT molecular complexity index is 390. The molecule has 0 aromatic heterocycles. The van der Waals surface area contributed by atoms with Crippen LogP contribution in [0, 0.1) is 11.8 Å². The number of rotatable bonds is 5. The Balaban J connectivity index is 2.34. The van der Waals surface area contributed by atoms with E-state index in [1.807, 2.05) is 34.6 Å². The van der Waals surface area contributed by atoms with Gasteiger partial charge in [-0.05, 0) is 79.1 Å². The number of carboxylic acids is 1. The van der Waals surface area contributed by atoms with Crippen LogP contribution in [0.4, 0.5) is 4.79 Å². The minimum atomic E-state index is -0.662. The molecule has 128 valence electrons. The first-order valence-electron chi connectivity index (χ1n) is 8.22. The highest BCUT2D eigenvalue weighted by atomic mass is 16.6. The number of nitrogens with one attached hydrogen (secondary N) is 1. The molecule has 0 aromatic carbocycles. The van der Waals surface area contributed by atoms with Crippen molar-refractivity contribution in [3.8, 4) is 0 Å². The molecular weight excluding hydrogens is 282 g/mol. The Morgan fingerprint density at radius 3 is 2.09 bits per heavy atom. The summed E-state index contributed by atoms with van der Waals surface area (Å²) in [6, 6.07) is 0. The molecule has 0 aromatic rings. The van der Waals surface area contributed by atoms with Crippen molar-refractivity contribution in [2.45, 2.75) is 84.3 Å². The topological polar surface area (TPSA) is 75.6 Å². The zero-order chi connectivity index (χ0) is 17.0. The third kappa shape index (κ3) is 7.14. The highest BCUT2D eigenvalue weighted by molar-refractivity contribution is 5.70. The average molecular weight is 313 g/mol. The van der Waals surface area contributed by atoms with Gasteiger partial charge in [-0.3, -0.25) is 4.79 Å². The number of carbonyl (C=O) groups excluding carboxylic acids is 1. The van der Waals surface area contributed by atoms with Crippen molar-refractivity contribution in [3.63, 3.8) is 0 Å². The standard InChI is InChI=1S/C17H31NO4/c1-16(2,3)22-15(21)18-17(4,5)11-10-12-6-8-13(9-7-12)14(19)20/h12-13H,6-11H2,1-5H3,(H,18,21)(H,19,20). The molecule has 22 heavy (non-hydrogen) atoms. The van der Waals surface area contributed by atoms with Crippen molar-refractivity contribution in [2.24, 2.45) is 11.8 Å². The van der Waals surface area contributed by atoms with Gasteiger partial charge in [0.15, 0.2) is 0 Å². The smallest absolute Gasteiger partial charge is 0.408 e. The lowest BCUT2D eigenvalue weighted by atomic mass is 9.78. The van der Waals surface area contributed by atoms with E-state index in [0.717, 1.165) is 38.5 Å². The summed E-state index contributed by atoms with van der Waals surface area (Å²) < 4.78 is 5.29. The molecule has 1 amide bonds. The SMILES string of the molecule is CC(C)(CCC1CCC(C(=O)O)CC1)NC(=O)OC(C)(C)C. The van der Waals surface area contributed by atoms with Crippen LogP contribution in [0.3, 0.4) is 0 Å². The van der Waals surface area contributed by atoms with E-state index in [2.05, 4.69) is 5.32 Å². The molecule has 1 fully saturated rings. The second kappa shape index (κ2) is 7.34. The second-order valence-corrected chi connectivity index (χ2v) is 8.11. The maximum absolute atomic E-state index is 11.8. The van der Waals surface area contributed by atoms with Gasteiger partial charge in [-0.1, -0.05) is 0 Å². The maximum atomic E-state index is 11.8. The zero-order valence-electron chi connectivity index (χ0n) is 14.6. The van der Waals surface area contributed by atoms with E-state index in [1.165, 1.54) is 0 Å². The number of hydrogen-bond acceptors (Lipinski definition) is 3. The molecule has 5 heteroatoms. The number of hydrogen-bond donors (Lipinski definition) is 2. The summed E-state index contributed by atoms with van der Waals surface area (Å²) in [4.78, 5) is 22.8. The molecule has 0 heterocycles. The summed E-state index contributed by atoms with van der Waals surface area (Å²) in [6.45, 7) is 9.54. The van der Waals surface area contributed by atoms with Crippen molar-refractivity contribution in [2.75, 3.05) is 0 Å². The molecule has 0 atom stereocenters. The quantitative estimate of drug-likeness (QED) is 0.805. The van der Waals surface area contributed by atoms with E-state index in [1.54, 1.807) is 0 Å². The average Bonchev–Trinajstić information content (AvgIpc) is 2.33. The Hall–Kier alpha value is -1.26. The molecule has 1 saturated carbocycles. The monoisotopic (exact) mass is 313 g/mol. The van der Waals surface area contributed by atoms with Gasteiger partial charge in [0, 0.05) is 5.54 Å². The van der Waals surface area contributed by atoms with Crippen LogP contribution < -0.4 is 5.32 Å². The van der Waals surface area contributed by atoms with Gasteiger partial charge in [-0.25, -0.2) is 4.79 Å². The number of amides is 1. The summed E-state index contributed by atoms with van der Waals surface area (Å²) in [7, 11) is 0. The number of alkyl carbamates (subject to hydrolysis) is 1. The van der Waals surface area contributed by atoms with Crippen LogP contribution in [0.5, 0.6) is 0 Å². The Morgan fingerprint density at radius 1 is 1.09 bits per heavy atom. The fourth-order valence-corrected chi connectivity index (χ4v) is 2.91. The molecule has 2 N–H and O–H groups in total. The predicted octanol–water partition coefficient (Wildman–Crippen LogP) is 3.96. The van der Waals surface area contributed by atoms with Crippen molar-refractivity contribution in [1.82, 2.24) is 5.32 Å². The van der Waals surface area contributed by atoms with Gasteiger partial charge in [0.05, 0.1) is 5.92 Å². The van der Waals surface area contributed by atoms with Gasteiger partial charge in [0.2, 0.25) is 0 Å². The maximum Gasteiger partial charge on any atom is 0.408 e. The van der Waals surface area contributed by atoms with E-state index in [4.69, 9.17) is 9.84 Å². The van der Waals surface area contributed by atoms with Crippen LogP contribution in [-0.2, 0) is 9.53 Å². The first-order valence-corrected chi connectivity index (χ1v) is 8.22. The van der Waals surface area contributed by atoms with Crippen molar-refractivity contribution >= 4 is 12.1 Å². The number of carbonyl (C=O) groups is 2. The first-order chi connectivity index (χ1) is 9.98. The van der Waals surface area contributed by atoms with E-state index in [9.17, 15) is 9.59 Å². The molecule has 5 nitrogen and oxygen atoms in total. The highest BCUT2D eigenvalue weighted by Crippen LogP contribution is 2.33. The van der Waals surface area contributed by atoms with Crippen LogP contribution in [0.1, 0.15) is 73.1 Å². The first kappa shape index (κ1) is 18.8. The van der Waals surface area contributed by atoms with Crippen molar-refractivity contribution < 1.29 is 19.4 Å². The molecule has 1 rings (SSSR count). The number of ether oxygens (including phenoxy) is 1. The Labute approximate surface area is 133 Å². The second-order valence-electron chi connectivity index (χ2n) is 8.11. The fraction of sp³-hybridized carbons (Fsp3) is 0.882. The Morgan fingerprint density at radius 2 is 1.64 bits per heavy atom. The zero-order valence-corrected chi connectivity index (χ0v) is 14.6. The lowest BCUT2D eigenvalue weighted by Gasteiger charge is -2.32. The number of aliphatic carboxylic acids is 1. The van der Waals surface area contributed by atoms with E-state index >= 15 is 0 Å². The fourth-order valence-electron chi connectivity index (χ4n) is 2.91. The van der Waals surface area contributed by atoms with Crippen LogP contribution in [-0.4, -0.2) is 28.3 Å². The van der Waals surface area contributed by atoms with Gasteiger partial charge in [0.25, 0.3) is 0 Å². The minimum Gasteiger partial charge on any atom is -0.481 e. The Kier molecular flexibility index (Phi) is 6.27. The molecule has 0 bridgehead atoms. The highest BCUT2D eigenvalue weighted by Gasteiger charge is 2.29. The molecule has 0 spiro atoms. The third-order valence-electron chi connectivity index (χ3n) is 4.21. The van der Waals surface area contributed by atoms with Crippen molar-refractivity contribution in [3.05, 3.63) is 0 Å². The summed E-state index contributed by atoms with van der Waals surface area (Å²) in [5.41, 5.74) is -0.804. The van der Waals surface area contributed by atoms with Gasteiger partial charge in [-0.2, -0.15) is 0 Å². The summed E-state index contributed by atoms with van der Waals surface area (Å²) >= 11 is 0. The summed E-state index contributed by atoms with van der Waals surface area (Å²) in [6.07, 6.45) is 5.00. The van der Waals surface area contributed by atoms with Crippen molar-refractivity contribution in [1.29, 1.82) is 0 Å². The molecular formula is C17H31NO4. The lowest BCUT2D eigenvalue weighted by molar-refractivity contribution is -0.143. The van der Waals surface area contributed by atoms with Gasteiger partial charge in [0.1, 0.15) is 5.60 Å². The van der Waals surface area contributed by atoms with Crippen LogP contribution >= 0.6 is 0 Å². The van der Waals surface area contributed by atoms with E-state index in [0.29, 0.717) is 5.92 Å². The van der Waals surface area contributed by atoms with Crippen LogP contribution in [0.15, 0.2) is 0 Å². The summed E-state index contributed by atoms with van der Waals surface area (Å²) in [5, 5.41) is 11.9. The van der Waals surface area contributed by atoms with E-state index in [-0.39, 0.29) is 17.6 Å². The van der Waals surface area contributed by atoms with Gasteiger partial charge < -0.3 is 15.2 Å². The van der Waals surface area contributed by atoms with Gasteiger partial charge >= 0.3 is 12.1 Å². The molecule has 0 aliphatic heterocycles. The van der Waals surface area contributed by atoms with E-state index < -0.39 is 11.6 Å². The normalized spacial score (nSPS) is 23.0. The molecule has 1 aliphatic rings. The molecule has 1 aliphatic carbocycles. The molecule has 0 unspecified atom stereocenters. The van der Waals surface area contributed by atoms with Crippen LogP contribution in [0.25, 0.3) is 0 Å². The molecule has 0 saturated heterocycles. The van der Waals surface area contributed by atoms with Gasteiger partial charge in [-0.15, -0.1) is 0 Å². The van der Waals surface area contributed by atoms with Crippen LogP contribution in [0.2, 0.25) is 0 Å². The third-order valence-corrected chi connectivity index (χ3v) is 4.21. The largest absolute Gasteiger partial charge is 0.481 e. The summed E-state index contributed by atoms with van der Waals surface area (Å²) in [5.74, 6) is -0.259. The molecule has 0 radical (unpaired) electrons. The number of carboxylic acid groups (broad SMARTS) is 1. The lowest BCUT2D eigenvalue weighted by Crippen LogP contribution is -2.46.